The molecule has 0 bridgehead atoms. The minimum Gasteiger partial charge on any atom is -0.308 e. The summed E-state index contributed by atoms with van der Waals surface area (Å²) in [5.74, 6) is -1.36. The lowest BCUT2D eigenvalue weighted by Crippen LogP contribution is -2.26. The van der Waals surface area contributed by atoms with Gasteiger partial charge >= 0.3 is 0 Å². The second-order valence-corrected chi connectivity index (χ2v) is 5.45. The van der Waals surface area contributed by atoms with Crippen LogP contribution in [0.1, 0.15) is 6.42 Å². The summed E-state index contributed by atoms with van der Waals surface area (Å²) < 4.78 is 26.9. The van der Waals surface area contributed by atoms with Gasteiger partial charge in [-0.2, -0.15) is 0 Å². The molecule has 1 saturated heterocycles. The fourth-order valence-electron chi connectivity index (χ4n) is 1.89. The minimum absolute atomic E-state index is 0.125. The Bertz CT molecular complexity index is 444. The monoisotopic (exact) mass is 367 g/mol. The third-order valence-electron chi connectivity index (χ3n) is 2.67. The minimum atomic E-state index is -0.722. The van der Waals surface area contributed by atoms with Crippen LogP contribution in [0.4, 0.5) is 14.5 Å². The molecule has 1 aromatic rings. The van der Waals surface area contributed by atoms with Gasteiger partial charge in [-0.3, -0.25) is 4.79 Å². The SMILES string of the molecule is O=C1CC(CBr)CN1c1c(F)cc(F)cc1Br. The molecule has 1 aliphatic heterocycles. The molecule has 1 aliphatic rings. The van der Waals surface area contributed by atoms with E-state index in [0.29, 0.717) is 18.3 Å². The lowest BCUT2D eigenvalue weighted by Gasteiger charge is -2.18. The molecule has 0 aromatic heterocycles. The zero-order chi connectivity index (χ0) is 12.6. The summed E-state index contributed by atoms with van der Waals surface area (Å²) in [6.45, 7) is 0.450. The van der Waals surface area contributed by atoms with Crippen LogP contribution in [0.2, 0.25) is 0 Å². The van der Waals surface area contributed by atoms with Crippen molar-refractivity contribution in [3.8, 4) is 0 Å². The van der Waals surface area contributed by atoms with Crippen LogP contribution in [-0.2, 0) is 4.79 Å². The predicted molar refractivity (Wildman–Crippen MR) is 68.3 cm³/mol. The van der Waals surface area contributed by atoms with Gasteiger partial charge in [-0.1, -0.05) is 15.9 Å². The van der Waals surface area contributed by atoms with Crippen molar-refractivity contribution in [2.45, 2.75) is 6.42 Å². The van der Waals surface area contributed by atoms with E-state index in [-0.39, 0.29) is 22.0 Å². The van der Waals surface area contributed by atoms with E-state index in [1.54, 1.807) is 0 Å². The van der Waals surface area contributed by atoms with Crippen molar-refractivity contribution < 1.29 is 13.6 Å². The summed E-state index contributed by atoms with van der Waals surface area (Å²) in [4.78, 5) is 13.1. The molecule has 0 saturated carbocycles. The number of hydrogen-bond donors (Lipinski definition) is 0. The summed E-state index contributed by atoms with van der Waals surface area (Å²) in [7, 11) is 0. The van der Waals surface area contributed by atoms with Gasteiger partial charge in [0, 0.05) is 28.8 Å². The van der Waals surface area contributed by atoms with Crippen LogP contribution < -0.4 is 4.90 Å². The Hall–Kier alpha value is -0.490. The lowest BCUT2D eigenvalue weighted by atomic mass is 10.2. The molecule has 1 atom stereocenters. The highest BCUT2D eigenvalue weighted by Crippen LogP contribution is 2.34. The fourth-order valence-corrected chi connectivity index (χ4v) is 2.95. The Kier molecular flexibility index (Phi) is 3.82. The third-order valence-corrected chi connectivity index (χ3v) is 4.20. The van der Waals surface area contributed by atoms with Crippen LogP contribution in [-0.4, -0.2) is 17.8 Å². The molecule has 1 fully saturated rings. The van der Waals surface area contributed by atoms with Gasteiger partial charge in [0.05, 0.1) is 5.69 Å². The Labute approximate surface area is 114 Å². The number of alkyl halides is 1. The van der Waals surface area contributed by atoms with Gasteiger partial charge in [-0.25, -0.2) is 8.78 Å². The number of anilines is 1. The Morgan fingerprint density at radius 3 is 2.65 bits per heavy atom. The Balaban J connectivity index is 2.38. The van der Waals surface area contributed by atoms with E-state index in [1.165, 1.54) is 4.90 Å². The summed E-state index contributed by atoms with van der Waals surface area (Å²) in [6, 6.07) is 1.95. The van der Waals surface area contributed by atoms with Gasteiger partial charge in [-0.05, 0) is 27.9 Å². The molecule has 2 rings (SSSR count). The van der Waals surface area contributed by atoms with Crippen molar-refractivity contribution in [3.05, 3.63) is 28.2 Å². The zero-order valence-electron chi connectivity index (χ0n) is 8.72. The highest BCUT2D eigenvalue weighted by molar-refractivity contribution is 9.10. The zero-order valence-corrected chi connectivity index (χ0v) is 11.9. The van der Waals surface area contributed by atoms with Gasteiger partial charge in [0.25, 0.3) is 0 Å². The first-order valence-electron chi connectivity index (χ1n) is 5.03. The molecular formula is C11H9Br2F2NO. The molecule has 1 unspecified atom stereocenters. The van der Waals surface area contributed by atoms with E-state index >= 15 is 0 Å². The molecular weight excluding hydrogens is 360 g/mol. The summed E-state index contributed by atoms with van der Waals surface area (Å²) >= 11 is 6.40. The fraction of sp³-hybridized carbons (Fsp3) is 0.364. The van der Waals surface area contributed by atoms with Gasteiger partial charge in [0.2, 0.25) is 5.91 Å². The first kappa shape index (κ1) is 13.0. The number of halogens is 4. The van der Waals surface area contributed by atoms with Gasteiger partial charge in [0.1, 0.15) is 5.82 Å². The lowest BCUT2D eigenvalue weighted by molar-refractivity contribution is -0.117. The molecule has 17 heavy (non-hydrogen) atoms. The largest absolute Gasteiger partial charge is 0.308 e. The van der Waals surface area contributed by atoms with E-state index in [2.05, 4.69) is 31.9 Å². The number of hydrogen-bond acceptors (Lipinski definition) is 1. The normalized spacial score (nSPS) is 20.1. The second kappa shape index (κ2) is 5.02. The molecule has 1 aromatic carbocycles. The number of benzene rings is 1. The molecule has 0 radical (unpaired) electrons. The maximum atomic E-state index is 13.7. The summed E-state index contributed by atoms with van der Waals surface area (Å²) in [5.41, 5.74) is 0.125. The van der Waals surface area contributed by atoms with Crippen molar-refractivity contribution in [2.24, 2.45) is 5.92 Å². The summed E-state index contributed by atoms with van der Waals surface area (Å²) in [5, 5.41) is 0.690. The number of carbonyl (C=O) groups is 1. The second-order valence-electron chi connectivity index (χ2n) is 3.95. The number of nitrogens with zero attached hydrogens (tertiary/aromatic N) is 1. The summed E-state index contributed by atoms with van der Waals surface area (Å²) in [6.07, 6.45) is 0.383. The van der Waals surface area contributed by atoms with Crippen molar-refractivity contribution in [3.63, 3.8) is 0 Å². The average Bonchev–Trinajstić information content (AvgIpc) is 2.59. The Morgan fingerprint density at radius 1 is 1.41 bits per heavy atom. The van der Waals surface area contributed by atoms with E-state index in [0.717, 1.165) is 12.1 Å². The van der Waals surface area contributed by atoms with Crippen LogP contribution in [0.3, 0.4) is 0 Å². The number of carbonyl (C=O) groups excluding carboxylic acids is 1. The van der Waals surface area contributed by atoms with Crippen LogP contribution in [0.5, 0.6) is 0 Å². The maximum absolute atomic E-state index is 13.7. The topological polar surface area (TPSA) is 20.3 Å². The van der Waals surface area contributed by atoms with Crippen molar-refractivity contribution in [2.75, 3.05) is 16.8 Å². The maximum Gasteiger partial charge on any atom is 0.227 e. The van der Waals surface area contributed by atoms with E-state index in [1.807, 2.05) is 0 Å². The van der Waals surface area contributed by atoms with Crippen LogP contribution >= 0.6 is 31.9 Å². The van der Waals surface area contributed by atoms with E-state index in [4.69, 9.17) is 0 Å². The first-order chi connectivity index (χ1) is 8.02. The van der Waals surface area contributed by atoms with Gasteiger partial charge in [-0.15, -0.1) is 0 Å². The molecule has 0 spiro atoms. The van der Waals surface area contributed by atoms with Crippen molar-refractivity contribution >= 4 is 43.5 Å². The first-order valence-corrected chi connectivity index (χ1v) is 6.95. The van der Waals surface area contributed by atoms with E-state index in [9.17, 15) is 13.6 Å². The van der Waals surface area contributed by atoms with Crippen molar-refractivity contribution in [1.82, 2.24) is 0 Å². The highest BCUT2D eigenvalue weighted by atomic mass is 79.9. The molecule has 0 N–H and O–H groups in total. The average molecular weight is 369 g/mol. The number of rotatable bonds is 2. The molecule has 2 nitrogen and oxygen atoms in total. The van der Waals surface area contributed by atoms with E-state index < -0.39 is 11.6 Å². The predicted octanol–water partition coefficient (Wildman–Crippen LogP) is 3.48. The third kappa shape index (κ3) is 2.52. The molecule has 6 heteroatoms. The molecule has 92 valence electrons. The molecule has 0 aliphatic carbocycles. The quantitative estimate of drug-likeness (QED) is 0.732. The molecule has 1 heterocycles. The number of amides is 1. The standard InChI is InChI=1S/C11H9Br2F2NO/c12-4-6-1-10(17)16(5-6)11-8(13)2-7(14)3-9(11)15/h2-3,6H,1,4-5H2. The smallest absolute Gasteiger partial charge is 0.227 e. The highest BCUT2D eigenvalue weighted by Gasteiger charge is 2.32. The van der Waals surface area contributed by atoms with Crippen LogP contribution in [0, 0.1) is 17.6 Å². The van der Waals surface area contributed by atoms with Gasteiger partial charge < -0.3 is 4.90 Å². The van der Waals surface area contributed by atoms with Crippen LogP contribution in [0.15, 0.2) is 16.6 Å². The van der Waals surface area contributed by atoms with Gasteiger partial charge in [0.15, 0.2) is 5.82 Å². The Morgan fingerprint density at radius 2 is 2.12 bits per heavy atom. The van der Waals surface area contributed by atoms with Crippen molar-refractivity contribution in [1.29, 1.82) is 0 Å². The van der Waals surface area contributed by atoms with Crippen LogP contribution in [0.25, 0.3) is 0 Å². The molecule has 1 amide bonds.